The highest BCUT2D eigenvalue weighted by Crippen LogP contribution is 2.25. The van der Waals surface area contributed by atoms with Crippen molar-refractivity contribution >= 4 is 17.5 Å². The third-order valence-corrected chi connectivity index (χ3v) is 2.80. The zero-order valence-corrected chi connectivity index (χ0v) is 10.9. The number of carbonyl (C=O) groups excluding carboxylic acids is 1. The normalized spacial score (nSPS) is 12.6. The van der Waals surface area contributed by atoms with Crippen LogP contribution in [0.2, 0.25) is 0 Å². The van der Waals surface area contributed by atoms with Crippen LogP contribution in [0, 0.1) is 13.8 Å². The van der Waals surface area contributed by atoms with E-state index in [0.29, 0.717) is 0 Å². The summed E-state index contributed by atoms with van der Waals surface area (Å²) < 4.78 is 0. The molecular formula is C13H18ClNO. The highest BCUT2D eigenvalue weighted by Gasteiger charge is 2.19. The molecule has 16 heavy (non-hydrogen) atoms. The monoisotopic (exact) mass is 239 g/mol. The number of hydrogen-bond donors (Lipinski definition) is 1. The Morgan fingerprint density at radius 3 is 2.50 bits per heavy atom. The van der Waals surface area contributed by atoms with Crippen LogP contribution in [0.15, 0.2) is 18.2 Å². The maximum absolute atomic E-state index is 11.8. The van der Waals surface area contributed by atoms with Crippen molar-refractivity contribution in [3.63, 3.8) is 0 Å². The first-order chi connectivity index (χ1) is 7.41. The van der Waals surface area contributed by atoms with Crippen molar-refractivity contribution in [3.05, 3.63) is 34.9 Å². The molecule has 2 nitrogen and oxygen atoms in total. The molecule has 1 aromatic rings. The second-order valence-corrected chi connectivity index (χ2v) is 4.82. The van der Waals surface area contributed by atoms with Crippen molar-refractivity contribution < 1.29 is 4.79 Å². The van der Waals surface area contributed by atoms with E-state index in [1.165, 1.54) is 0 Å². The van der Waals surface area contributed by atoms with Gasteiger partial charge in [-0.1, -0.05) is 23.8 Å². The van der Waals surface area contributed by atoms with Gasteiger partial charge in [0.25, 0.3) is 0 Å². The molecule has 88 valence electrons. The molecule has 0 saturated carbocycles. The Balaban J connectivity index is 2.91. The molecule has 0 radical (unpaired) electrons. The predicted octanol–water partition coefficient (Wildman–Crippen LogP) is 3.11. The Morgan fingerprint density at radius 2 is 1.94 bits per heavy atom. The number of aryl methyl sites for hydroxylation is 2. The van der Waals surface area contributed by atoms with Crippen molar-refractivity contribution in [2.24, 2.45) is 0 Å². The lowest BCUT2D eigenvalue weighted by Gasteiger charge is -2.15. The van der Waals surface area contributed by atoms with Crippen LogP contribution in [-0.2, 0) is 4.79 Å². The van der Waals surface area contributed by atoms with Gasteiger partial charge in [0, 0.05) is 6.04 Å². The van der Waals surface area contributed by atoms with Crippen LogP contribution in [0.1, 0.15) is 35.9 Å². The van der Waals surface area contributed by atoms with Gasteiger partial charge in [-0.2, -0.15) is 0 Å². The third-order valence-electron chi connectivity index (χ3n) is 2.37. The number of alkyl halides is 1. The summed E-state index contributed by atoms with van der Waals surface area (Å²) in [6.07, 6.45) is 0. The maximum Gasteiger partial charge on any atom is 0.242 e. The van der Waals surface area contributed by atoms with Crippen LogP contribution in [0.5, 0.6) is 0 Å². The van der Waals surface area contributed by atoms with E-state index in [1.54, 1.807) is 0 Å². The van der Waals surface area contributed by atoms with Gasteiger partial charge in [-0.15, -0.1) is 11.6 Å². The average molecular weight is 240 g/mol. The Kier molecular flexibility index (Phi) is 4.36. The molecule has 0 saturated heterocycles. The molecule has 0 bridgehead atoms. The van der Waals surface area contributed by atoms with Crippen LogP contribution < -0.4 is 5.32 Å². The summed E-state index contributed by atoms with van der Waals surface area (Å²) in [4.78, 5) is 11.8. The van der Waals surface area contributed by atoms with Crippen LogP contribution in [0.4, 0.5) is 0 Å². The number of halogens is 1. The second kappa shape index (κ2) is 5.35. The highest BCUT2D eigenvalue weighted by molar-refractivity contribution is 6.30. The van der Waals surface area contributed by atoms with Gasteiger partial charge in [-0.05, 0) is 38.8 Å². The molecule has 1 rings (SSSR count). The Morgan fingerprint density at radius 1 is 1.31 bits per heavy atom. The number of amides is 1. The minimum atomic E-state index is -0.609. The molecule has 0 aromatic heterocycles. The number of benzene rings is 1. The fraction of sp³-hybridized carbons (Fsp3) is 0.462. The smallest absolute Gasteiger partial charge is 0.242 e. The molecule has 1 aromatic carbocycles. The van der Waals surface area contributed by atoms with Gasteiger partial charge >= 0.3 is 0 Å². The van der Waals surface area contributed by atoms with E-state index in [1.807, 2.05) is 45.9 Å². The molecule has 0 heterocycles. The van der Waals surface area contributed by atoms with Crippen LogP contribution in [0.25, 0.3) is 0 Å². The summed E-state index contributed by atoms with van der Waals surface area (Å²) in [5.41, 5.74) is 3.05. The van der Waals surface area contributed by atoms with Gasteiger partial charge in [0.1, 0.15) is 5.38 Å². The first-order valence-corrected chi connectivity index (χ1v) is 5.87. The number of nitrogens with one attached hydrogen (secondary N) is 1. The van der Waals surface area contributed by atoms with E-state index in [4.69, 9.17) is 11.6 Å². The van der Waals surface area contributed by atoms with Crippen molar-refractivity contribution in [1.82, 2.24) is 5.32 Å². The zero-order valence-electron chi connectivity index (χ0n) is 10.2. The Hall–Kier alpha value is -1.02. The fourth-order valence-electron chi connectivity index (χ4n) is 1.53. The lowest BCUT2D eigenvalue weighted by atomic mass is 10.0. The number of rotatable bonds is 3. The predicted molar refractivity (Wildman–Crippen MR) is 67.8 cm³/mol. The molecular weight excluding hydrogens is 222 g/mol. The Labute approximate surface area is 102 Å². The van der Waals surface area contributed by atoms with E-state index < -0.39 is 5.38 Å². The molecule has 0 spiro atoms. The number of carbonyl (C=O) groups is 1. The van der Waals surface area contributed by atoms with E-state index in [9.17, 15) is 4.79 Å². The van der Waals surface area contributed by atoms with Gasteiger partial charge in [0.2, 0.25) is 5.91 Å². The zero-order chi connectivity index (χ0) is 12.3. The van der Waals surface area contributed by atoms with E-state index in [0.717, 1.165) is 16.7 Å². The molecule has 1 unspecified atom stereocenters. The lowest BCUT2D eigenvalue weighted by molar-refractivity contribution is -0.121. The molecule has 0 aliphatic carbocycles. The first-order valence-electron chi connectivity index (χ1n) is 5.43. The summed E-state index contributed by atoms with van der Waals surface area (Å²) in [5, 5.41) is 2.21. The molecule has 1 N–H and O–H groups in total. The highest BCUT2D eigenvalue weighted by atomic mass is 35.5. The maximum atomic E-state index is 11.8. The van der Waals surface area contributed by atoms with Gasteiger partial charge in [-0.3, -0.25) is 4.79 Å². The van der Waals surface area contributed by atoms with Crippen LogP contribution in [0.3, 0.4) is 0 Å². The second-order valence-electron chi connectivity index (χ2n) is 4.39. The fourth-order valence-corrected chi connectivity index (χ4v) is 1.83. The summed E-state index contributed by atoms with van der Waals surface area (Å²) in [6.45, 7) is 7.80. The van der Waals surface area contributed by atoms with Gasteiger partial charge in [0.15, 0.2) is 0 Å². The van der Waals surface area contributed by atoms with Crippen molar-refractivity contribution in [2.45, 2.75) is 39.1 Å². The quantitative estimate of drug-likeness (QED) is 0.807. The van der Waals surface area contributed by atoms with Gasteiger partial charge in [0.05, 0.1) is 0 Å². The van der Waals surface area contributed by atoms with E-state index in [-0.39, 0.29) is 11.9 Å². The van der Waals surface area contributed by atoms with Crippen molar-refractivity contribution in [1.29, 1.82) is 0 Å². The van der Waals surface area contributed by atoms with Gasteiger partial charge in [-0.25, -0.2) is 0 Å². The molecule has 0 aliphatic rings. The summed E-state index contributed by atoms with van der Waals surface area (Å²) >= 11 is 6.17. The van der Waals surface area contributed by atoms with E-state index >= 15 is 0 Å². The van der Waals surface area contributed by atoms with Crippen LogP contribution in [-0.4, -0.2) is 11.9 Å². The molecule has 0 fully saturated rings. The third kappa shape index (κ3) is 3.24. The average Bonchev–Trinajstić information content (AvgIpc) is 2.19. The van der Waals surface area contributed by atoms with Crippen LogP contribution >= 0.6 is 11.6 Å². The molecule has 1 amide bonds. The largest absolute Gasteiger partial charge is 0.352 e. The van der Waals surface area contributed by atoms with Crippen molar-refractivity contribution in [2.75, 3.05) is 0 Å². The molecule has 3 heteroatoms. The first kappa shape index (κ1) is 13.0. The Bertz CT molecular complexity index is 388. The topological polar surface area (TPSA) is 29.1 Å². The summed E-state index contributed by atoms with van der Waals surface area (Å²) in [5.74, 6) is -0.134. The number of hydrogen-bond acceptors (Lipinski definition) is 1. The van der Waals surface area contributed by atoms with Crippen molar-refractivity contribution in [3.8, 4) is 0 Å². The summed E-state index contributed by atoms with van der Waals surface area (Å²) in [7, 11) is 0. The molecule has 1 atom stereocenters. The molecule has 0 aliphatic heterocycles. The lowest BCUT2D eigenvalue weighted by Crippen LogP contribution is -2.33. The van der Waals surface area contributed by atoms with E-state index in [2.05, 4.69) is 5.32 Å². The standard InChI is InChI=1S/C13H18ClNO/c1-8(2)15-13(16)12(14)11-7-9(3)5-6-10(11)4/h5-8,12H,1-4H3,(H,15,16). The summed E-state index contributed by atoms with van der Waals surface area (Å²) in [6, 6.07) is 6.08. The minimum absolute atomic E-state index is 0.110. The minimum Gasteiger partial charge on any atom is -0.352 e. The SMILES string of the molecule is Cc1ccc(C)c(C(Cl)C(=O)NC(C)C)c1. The van der Waals surface area contributed by atoms with Gasteiger partial charge < -0.3 is 5.32 Å².